The number of aliphatic carboxylic acids is 1. The minimum absolute atomic E-state index is 0.0823. The van der Waals surface area contributed by atoms with E-state index in [9.17, 15) is 14.4 Å². The predicted molar refractivity (Wildman–Crippen MR) is 101 cm³/mol. The summed E-state index contributed by atoms with van der Waals surface area (Å²) in [6.07, 6.45) is 1.21. The number of rotatable bonds is 7. The van der Waals surface area contributed by atoms with Gasteiger partial charge in [0, 0.05) is 11.3 Å². The van der Waals surface area contributed by atoms with Gasteiger partial charge in [0.25, 0.3) is 11.8 Å². The number of amides is 2. The normalized spacial score (nSPS) is 13.1. The van der Waals surface area contributed by atoms with E-state index in [-0.39, 0.29) is 18.1 Å². The summed E-state index contributed by atoms with van der Waals surface area (Å²) in [5.41, 5.74) is 0.690. The van der Waals surface area contributed by atoms with Crippen LogP contribution in [0.15, 0.2) is 41.0 Å². The third-order valence-electron chi connectivity index (χ3n) is 4.68. The molecule has 0 fully saturated rings. The van der Waals surface area contributed by atoms with E-state index in [0.717, 1.165) is 5.56 Å². The summed E-state index contributed by atoms with van der Waals surface area (Å²) in [7, 11) is 0. The molecule has 0 aliphatic rings. The maximum absolute atomic E-state index is 12.7. The van der Waals surface area contributed by atoms with Gasteiger partial charge in [-0.1, -0.05) is 19.9 Å². The molecule has 2 rings (SSSR count). The number of hydrogen-bond acceptors (Lipinski definition) is 4. The van der Waals surface area contributed by atoms with E-state index in [1.807, 2.05) is 20.8 Å². The summed E-state index contributed by atoms with van der Waals surface area (Å²) in [6, 6.07) is 8.07. The van der Waals surface area contributed by atoms with Crippen molar-refractivity contribution in [2.24, 2.45) is 5.92 Å². The Hall–Kier alpha value is -3.09. The van der Waals surface area contributed by atoms with Crippen molar-refractivity contribution in [3.8, 4) is 0 Å². The minimum atomic E-state index is -0.984. The van der Waals surface area contributed by atoms with Crippen LogP contribution in [0.4, 0.5) is 5.69 Å². The number of carbonyl (C=O) groups is 3. The van der Waals surface area contributed by atoms with E-state index in [2.05, 4.69) is 10.6 Å². The summed E-state index contributed by atoms with van der Waals surface area (Å²) >= 11 is 0. The second-order valence-electron chi connectivity index (χ2n) is 7.06. The molecule has 2 aromatic rings. The van der Waals surface area contributed by atoms with Crippen molar-refractivity contribution >= 4 is 23.5 Å². The van der Waals surface area contributed by atoms with E-state index >= 15 is 0 Å². The number of benzene rings is 1. The van der Waals surface area contributed by atoms with Crippen LogP contribution in [-0.2, 0) is 4.79 Å². The Kier molecular flexibility index (Phi) is 6.05. The zero-order valence-electron chi connectivity index (χ0n) is 15.8. The number of hydrogen-bond donors (Lipinski definition) is 3. The minimum Gasteiger partial charge on any atom is -0.481 e. The standard InChI is InChI=1S/C20H24N2O5/c1-12(2)20(4,11-17(23)24)22-18(25)14-8-7-13(3)15(10-14)21-19(26)16-6-5-9-27-16/h5-10,12H,11H2,1-4H3,(H,21,26)(H,22,25)(H,23,24). The third kappa shape index (κ3) is 4.97. The summed E-state index contributed by atoms with van der Waals surface area (Å²) < 4.78 is 5.07. The van der Waals surface area contributed by atoms with E-state index < -0.39 is 23.3 Å². The number of carbonyl (C=O) groups excluding carboxylic acids is 2. The van der Waals surface area contributed by atoms with Gasteiger partial charge < -0.3 is 20.2 Å². The molecule has 0 radical (unpaired) electrons. The molecule has 0 aliphatic heterocycles. The van der Waals surface area contributed by atoms with Crippen LogP contribution >= 0.6 is 0 Å². The quantitative estimate of drug-likeness (QED) is 0.690. The van der Waals surface area contributed by atoms with Crippen LogP contribution in [0.3, 0.4) is 0 Å². The highest BCUT2D eigenvalue weighted by atomic mass is 16.4. The molecular formula is C20H24N2O5. The highest BCUT2D eigenvalue weighted by Gasteiger charge is 2.33. The molecule has 2 amide bonds. The third-order valence-corrected chi connectivity index (χ3v) is 4.68. The molecule has 0 bridgehead atoms. The molecule has 27 heavy (non-hydrogen) atoms. The predicted octanol–water partition coefficient (Wildman–Crippen LogP) is 3.46. The number of anilines is 1. The van der Waals surface area contributed by atoms with Crippen LogP contribution in [0.1, 0.15) is 53.7 Å². The first-order valence-electron chi connectivity index (χ1n) is 8.62. The van der Waals surface area contributed by atoms with Crippen LogP contribution < -0.4 is 10.6 Å². The molecule has 144 valence electrons. The molecule has 7 heteroatoms. The molecule has 0 saturated heterocycles. The van der Waals surface area contributed by atoms with Gasteiger partial charge in [-0.3, -0.25) is 14.4 Å². The molecule has 0 saturated carbocycles. The molecule has 1 aromatic heterocycles. The number of nitrogens with one attached hydrogen (secondary N) is 2. The fraction of sp³-hybridized carbons (Fsp3) is 0.350. The first kappa shape index (κ1) is 20.2. The lowest BCUT2D eigenvalue weighted by molar-refractivity contribution is -0.138. The number of carboxylic acids is 1. The summed E-state index contributed by atoms with van der Waals surface area (Å²) in [4.78, 5) is 36.0. The van der Waals surface area contributed by atoms with Crippen molar-refractivity contribution in [3.05, 3.63) is 53.5 Å². The van der Waals surface area contributed by atoms with Gasteiger partial charge in [0.15, 0.2) is 5.76 Å². The number of furan rings is 1. The molecule has 7 nitrogen and oxygen atoms in total. The van der Waals surface area contributed by atoms with Crippen LogP contribution in [0, 0.1) is 12.8 Å². The highest BCUT2D eigenvalue weighted by Crippen LogP contribution is 2.23. The molecular weight excluding hydrogens is 348 g/mol. The van der Waals surface area contributed by atoms with Crippen LogP contribution in [0.5, 0.6) is 0 Å². The van der Waals surface area contributed by atoms with Gasteiger partial charge in [-0.15, -0.1) is 0 Å². The first-order valence-corrected chi connectivity index (χ1v) is 8.62. The van der Waals surface area contributed by atoms with Gasteiger partial charge in [-0.2, -0.15) is 0 Å². The molecule has 0 spiro atoms. The Labute approximate surface area is 157 Å². The topological polar surface area (TPSA) is 109 Å². The molecule has 0 aliphatic carbocycles. The van der Waals surface area contributed by atoms with Crippen LogP contribution in [0.2, 0.25) is 0 Å². The molecule has 1 atom stereocenters. The van der Waals surface area contributed by atoms with E-state index in [1.54, 1.807) is 37.3 Å². The Bertz CT molecular complexity index is 842. The fourth-order valence-corrected chi connectivity index (χ4v) is 2.53. The first-order chi connectivity index (χ1) is 12.6. The average Bonchev–Trinajstić information content (AvgIpc) is 3.10. The van der Waals surface area contributed by atoms with Crippen molar-refractivity contribution in [3.63, 3.8) is 0 Å². The molecule has 1 unspecified atom stereocenters. The summed E-state index contributed by atoms with van der Waals surface area (Å²) in [5.74, 6) is -1.72. The maximum Gasteiger partial charge on any atom is 0.305 e. The lowest BCUT2D eigenvalue weighted by Gasteiger charge is -2.33. The molecule has 1 aromatic carbocycles. The van der Waals surface area contributed by atoms with Crippen LogP contribution in [0.25, 0.3) is 0 Å². The van der Waals surface area contributed by atoms with E-state index in [4.69, 9.17) is 9.52 Å². The maximum atomic E-state index is 12.7. The summed E-state index contributed by atoms with van der Waals surface area (Å²) in [6.45, 7) is 7.22. The average molecular weight is 372 g/mol. The van der Waals surface area contributed by atoms with Crippen molar-refractivity contribution < 1.29 is 23.9 Å². The van der Waals surface area contributed by atoms with Gasteiger partial charge >= 0.3 is 5.97 Å². The zero-order valence-corrected chi connectivity index (χ0v) is 15.8. The van der Waals surface area contributed by atoms with Crippen molar-refractivity contribution in [2.45, 2.75) is 39.7 Å². The lowest BCUT2D eigenvalue weighted by Crippen LogP contribution is -2.51. The Morgan fingerprint density at radius 3 is 2.44 bits per heavy atom. The summed E-state index contributed by atoms with van der Waals surface area (Å²) in [5, 5.41) is 14.7. The van der Waals surface area contributed by atoms with Crippen molar-refractivity contribution in [1.29, 1.82) is 0 Å². The number of carboxylic acid groups (broad SMARTS) is 1. The van der Waals surface area contributed by atoms with Gasteiger partial charge in [-0.05, 0) is 49.6 Å². The Morgan fingerprint density at radius 1 is 1.19 bits per heavy atom. The van der Waals surface area contributed by atoms with Gasteiger partial charge in [0.05, 0.1) is 18.2 Å². The van der Waals surface area contributed by atoms with Gasteiger partial charge in [-0.25, -0.2) is 0 Å². The monoisotopic (exact) mass is 372 g/mol. The van der Waals surface area contributed by atoms with E-state index in [0.29, 0.717) is 11.3 Å². The molecule has 3 N–H and O–H groups in total. The van der Waals surface area contributed by atoms with E-state index in [1.165, 1.54) is 6.26 Å². The molecule has 1 heterocycles. The second-order valence-corrected chi connectivity index (χ2v) is 7.06. The van der Waals surface area contributed by atoms with Crippen LogP contribution in [-0.4, -0.2) is 28.4 Å². The fourth-order valence-electron chi connectivity index (χ4n) is 2.53. The zero-order chi connectivity index (χ0) is 20.2. The Morgan fingerprint density at radius 2 is 1.89 bits per heavy atom. The highest BCUT2D eigenvalue weighted by molar-refractivity contribution is 6.04. The Balaban J connectivity index is 2.22. The SMILES string of the molecule is Cc1ccc(C(=O)NC(C)(CC(=O)O)C(C)C)cc1NC(=O)c1ccco1. The number of aryl methyl sites for hydroxylation is 1. The van der Waals surface area contributed by atoms with Gasteiger partial charge in [0.1, 0.15) is 0 Å². The largest absolute Gasteiger partial charge is 0.481 e. The van der Waals surface area contributed by atoms with Crippen molar-refractivity contribution in [1.82, 2.24) is 5.32 Å². The second kappa shape index (κ2) is 8.07. The lowest BCUT2D eigenvalue weighted by atomic mass is 9.85. The smallest absolute Gasteiger partial charge is 0.305 e. The van der Waals surface area contributed by atoms with Gasteiger partial charge in [0.2, 0.25) is 0 Å². The van der Waals surface area contributed by atoms with Crippen molar-refractivity contribution in [2.75, 3.05) is 5.32 Å².